The topological polar surface area (TPSA) is 133 Å². The monoisotopic (exact) mass is 434 g/mol. The molecule has 30 heavy (non-hydrogen) atoms. The Morgan fingerprint density at radius 3 is 1.13 bits per heavy atom. The highest BCUT2D eigenvalue weighted by Gasteiger charge is 2.23. The largest absolute Gasteiger partial charge is 0.377 e. The van der Waals surface area contributed by atoms with Crippen molar-refractivity contribution in [2.45, 2.75) is 38.8 Å². The Labute approximate surface area is 180 Å². The van der Waals surface area contributed by atoms with Gasteiger partial charge in [-0.1, -0.05) is 13.8 Å². The van der Waals surface area contributed by atoms with Crippen LogP contribution in [0.3, 0.4) is 0 Å². The van der Waals surface area contributed by atoms with Gasteiger partial charge in [-0.25, -0.2) is 0 Å². The molecule has 0 aromatic heterocycles. The molecule has 0 aromatic rings. The van der Waals surface area contributed by atoms with E-state index in [-0.39, 0.29) is 23.9 Å². The summed E-state index contributed by atoms with van der Waals surface area (Å²) in [6, 6.07) is -0.517. The van der Waals surface area contributed by atoms with Gasteiger partial charge in [-0.2, -0.15) is 0 Å². The van der Waals surface area contributed by atoms with Gasteiger partial charge in [0.15, 0.2) is 12.1 Å². The first-order chi connectivity index (χ1) is 14.5. The van der Waals surface area contributed by atoms with Crippen LogP contribution in [-0.2, 0) is 28.5 Å². The Morgan fingerprint density at radius 2 is 0.900 bits per heavy atom. The average molecular weight is 435 g/mol. The van der Waals surface area contributed by atoms with Crippen LogP contribution in [0, 0.1) is 0 Å². The van der Waals surface area contributed by atoms with E-state index in [2.05, 4.69) is 11.5 Å². The fraction of sp³-hybridized carbons (Fsp3) is 0.900. The zero-order valence-electron chi connectivity index (χ0n) is 18.8. The zero-order valence-corrected chi connectivity index (χ0v) is 18.8. The maximum Gasteiger partial charge on any atom is 0.280 e. The lowest BCUT2D eigenvalue weighted by Gasteiger charge is -2.25. The molecule has 2 amide bonds. The van der Waals surface area contributed by atoms with Crippen LogP contribution < -0.4 is 11.5 Å². The van der Waals surface area contributed by atoms with Gasteiger partial charge in [-0.15, -0.1) is 0 Å². The molecule has 0 spiro atoms. The number of carbonyl (C=O) groups excluding carboxylic acids is 2. The summed E-state index contributed by atoms with van der Waals surface area (Å²) >= 11 is 0. The number of quaternary nitrogens is 2. The van der Waals surface area contributed by atoms with Gasteiger partial charge in [0.25, 0.3) is 11.8 Å². The molecule has 2 atom stereocenters. The van der Waals surface area contributed by atoms with Crippen LogP contribution in [-0.4, -0.2) is 113 Å². The van der Waals surface area contributed by atoms with Crippen molar-refractivity contribution in [3.63, 3.8) is 0 Å². The molecule has 0 saturated carbocycles. The second kappa shape index (κ2) is 16.4. The van der Waals surface area contributed by atoms with Crippen molar-refractivity contribution < 1.29 is 40.0 Å². The summed E-state index contributed by atoms with van der Waals surface area (Å²) in [4.78, 5) is 28.4. The highest BCUT2D eigenvalue weighted by atomic mass is 16.5. The van der Waals surface area contributed by atoms with Crippen LogP contribution in [0.1, 0.15) is 26.7 Å². The number of hydrogen-bond acceptors (Lipinski definition) is 6. The van der Waals surface area contributed by atoms with E-state index in [1.54, 1.807) is 9.80 Å². The first kappa shape index (κ1) is 26.7. The summed E-state index contributed by atoms with van der Waals surface area (Å²) < 4.78 is 22.4. The zero-order chi connectivity index (χ0) is 22.2. The molecule has 176 valence electrons. The van der Waals surface area contributed by atoms with E-state index < -0.39 is 0 Å². The summed E-state index contributed by atoms with van der Waals surface area (Å²) in [7, 11) is 0. The van der Waals surface area contributed by atoms with Gasteiger partial charge < -0.3 is 40.2 Å². The van der Waals surface area contributed by atoms with Crippen LogP contribution >= 0.6 is 0 Å². The van der Waals surface area contributed by atoms with Crippen molar-refractivity contribution in [1.82, 2.24) is 9.80 Å². The number of ether oxygens (including phenoxy) is 4. The fourth-order valence-electron chi connectivity index (χ4n) is 2.87. The fourth-order valence-corrected chi connectivity index (χ4v) is 2.87. The molecule has 1 rings (SSSR count). The van der Waals surface area contributed by atoms with Crippen molar-refractivity contribution in [2.24, 2.45) is 0 Å². The van der Waals surface area contributed by atoms with E-state index >= 15 is 0 Å². The number of rotatable bonds is 4. The second-order valence-corrected chi connectivity index (χ2v) is 7.31. The molecule has 1 aliphatic heterocycles. The lowest BCUT2D eigenvalue weighted by Crippen LogP contribution is -2.68. The van der Waals surface area contributed by atoms with Crippen molar-refractivity contribution >= 4 is 11.8 Å². The SMILES string of the molecule is CC[C@H]([NH3+])C(=O)N1CCOCCOCCN(C(=O)[C@@H]([NH3+])CC)CCOCCOCC1. The Kier molecular flexibility index (Phi) is 14.6. The molecule has 0 aromatic carbocycles. The van der Waals surface area contributed by atoms with E-state index in [4.69, 9.17) is 18.9 Å². The molecule has 0 radical (unpaired) electrons. The first-order valence-corrected chi connectivity index (χ1v) is 11.1. The minimum Gasteiger partial charge on any atom is -0.377 e. The molecule has 10 nitrogen and oxygen atoms in total. The smallest absolute Gasteiger partial charge is 0.280 e. The van der Waals surface area contributed by atoms with E-state index in [1.807, 2.05) is 13.8 Å². The number of carbonyl (C=O) groups is 2. The Morgan fingerprint density at radius 1 is 0.633 bits per heavy atom. The summed E-state index contributed by atoms with van der Waals surface area (Å²) in [5, 5.41) is 0. The molecule has 6 N–H and O–H groups in total. The third-order valence-electron chi connectivity index (χ3n) is 5.07. The summed E-state index contributed by atoms with van der Waals surface area (Å²) in [5.74, 6) is 0.0410. The molecule has 1 aliphatic rings. The van der Waals surface area contributed by atoms with E-state index in [9.17, 15) is 9.59 Å². The van der Waals surface area contributed by atoms with Gasteiger partial charge in [0.2, 0.25) is 0 Å². The molecule has 0 unspecified atom stereocenters. The molecular weight excluding hydrogens is 392 g/mol. The third-order valence-corrected chi connectivity index (χ3v) is 5.07. The van der Waals surface area contributed by atoms with Gasteiger partial charge in [-0.3, -0.25) is 9.59 Å². The standard InChI is InChI=1S/C20H40N4O6/c1-3-17(21)19(25)23-5-9-27-13-15-29-11-7-24(20(26)18(22)4-2)8-12-30-16-14-28-10-6-23/h17-18H,3-16,21-22H2,1-2H3/p+2/t17-,18-/m0/s1. The van der Waals surface area contributed by atoms with E-state index in [1.165, 1.54) is 0 Å². The van der Waals surface area contributed by atoms with Crippen molar-refractivity contribution in [3.05, 3.63) is 0 Å². The summed E-state index contributed by atoms with van der Waals surface area (Å²) in [6.07, 6.45) is 1.40. The van der Waals surface area contributed by atoms with Crippen LogP contribution in [0.2, 0.25) is 0 Å². The van der Waals surface area contributed by atoms with Crippen LogP contribution in [0.5, 0.6) is 0 Å². The van der Waals surface area contributed by atoms with E-state index in [0.29, 0.717) is 91.9 Å². The van der Waals surface area contributed by atoms with Crippen molar-refractivity contribution in [2.75, 3.05) is 79.0 Å². The minimum absolute atomic E-state index is 0.0205. The van der Waals surface area contributed by atoms with E-state index in [0.717, 1.165) is 0 Å². The van der Waals surface area contributed by atoms with Crippen molar-refractivity contribution in [1.29, 1.82) is 0 Å². The van der Waals surface area contributed by atoms with Crippen molar-refractivity contribution in [3.8, 4) is 0 Å². The minimum atomic E-state index is -0.259. The quantitative estimate of drug-likeness (QED) is 0.514. The highest BCUT2D eigenvalue weighted by molar-refractivity contribution is 5.80. The Balaban J connectivity index is 2.53. The Bertz CT molecular complexity index is 420. The third kappa shape index (κ3) is 10.6. The highest BCUT2D eigenvalue weighted by Crippen LogP contribution is 1.99. The molecular formula is C20H42N4O6+2. The maximum absolute atomic E-state index is 12.5. The first-order valence-electron chi connectivity index (χ1n) is 11.1. The number of nitrogens with zero attached hydrogens (tertiary/aromatic N) is 2. The number of hydrogen-bond donors (Lipinski definition) is 2. The predicted molar refractivity (Wildman–Crippen MR) is 110 cm³/mol. The van der Waals surface area contributed by atoms with Crippen LogP contribution in [0.4, 0.5) is 0 Å². The van der Waals surface area contributed by atoms with Gasteiger partial charge in [0, 0.05) is 39.0 Å². The molecule has 1 saturated heterocycles. The maximum atomic E-state index is 12.5. The normalized spacial score (nSPS) is 21.3. The van der Waals surface area contributed by atoms with Gasteiger partial charge in [0.05, 0.1) is 52.9 Å². The predicted octanol–water partition coefficient (Wildman–Crippen LogP) is -2.24. The van der Waals surface area contributed by atoms with Gasteiger partial charge in [0.1, 0.15) is 0 Å². The molecule has 0 aliphatic carbocycles. The van der Waals surface area contributed by atoms with Gasteiger partial charge >= 0.3 is 0 Å². The average Bonchev–Trinajstić information content (AvgIpc) is 2.76. The molecule has 0 bridgehead atoms. The summed E-state index contributed by atoms with van der Waals surface area (Å²) in [6.45, 7) is 9.34. The lowest BCUT2D eigenvalue weighted by atomic mass is 10.2. The Hall–Kier alpha value is -1.30. The molecule has 1 heterocycles. The molecule has 1 fully saturated rings. The number of amides is 2. The lowest BCUT2D eigenvalue weighted by molar-refractivity contribution is -0.406. The van der Waals surface area contributed by atoms with Gasteiger partial charge in [-0.05, 0) is 0 Å². The molecule has 10 heteroatoms. The summed E-state index contributed by atoms with van der Waals surface area (Å²) in [5.41, 5.74) is 7.84. The van der Waals surface area contributed by atoms with Crippen LogP contribution in [0.15, 0.2) is 0 Å². The second-order valence-electron chi connectivity index (χ2n) is 7.31. The van der Waals surface area contributed by atoms with Crippen LogP contribution in [0.25, 0.3) is 0 Å².